The van der Waals surface area contributed by atoms with Crippen molar-refractivity contribution in [2.75, 3.05) is 52.9 Å². The van der Waals surface area contributed by atoms with Crippen molar-refractivity contribution < 1.29 is 237 Å². The first-order chi connectivity index (χ1) is 55.1. The molecule has 0 bridgehead atoms. The Morgan fingerprint density at radius 3 is 1.24 bits per heavy atom. The highest BCUT2D eigenvalue weighted by Gasteiger charge is 2.63. The van der Waals surface area contributed by atoms with Gasteiger partial charge in [0.2, 0.25) is 23.6 Å². The fourth-order valence-electron chi connectivity index (χ4n) is 15.0. The summed E-state index contributed by atoms with van der Waals surface area (Å²) in [6.45, 7) is -3.95. The van der Waals surface area contributed by atoms with Crippen molar-refractivity contribution in [3.05, 3.63) is 0 Å². The van der Waals surface area contributed by atoms with E-state index in [1.165, 1.54) is 6.92 Å². The molecule has 0 spiro atoms. The largest absolute Gasteiger partial charge is 0.477 e. The average Bonchev–Trinajstić information content (AvgIpc) is 0.756. The van der Waals surface area contributed by atoms with E-state index in [0.717, 1.165) is 27.7 Å². The van der Waals surface area contributed by atoms with Crippen LogP contribution in [0.3, 0.4) is 0 Å². The molecule has 9 aliphatic heterocycles. The summed E-state index contributed by atoms with van der Waals surface area (Å²) in [5.74, 6) is -9.15. The van der Waals surface area contributed by atoms with Crippen molar-refractivity contribution in [3.8, 4) is 0 Å². The number of aliphatic hydroxyl groups excluding tert-OH is 25. The molecular formula is C65H108N4O48. The van der Waals surface area contributed by atoms with Crippen LogP contribution in [0.2, 0.25) is 0 Å². The molecule has 9 rings (SSSR count). The van der Waals surface area contributed by atoms with Gasteiger partial charge >= 0.3 is 5.97 Å². The van der Waals surface area contributed by atoms with E-state index < -0.39 is 371 Å². The molecule has 676 valence electrons. The number of aliphatic carboxylic acids is 1. The van der Waals surface area contributed by atoms with E-state index >= 15 is 0 Å². The van der Waals surface area contributed by atoms with E-state index in [1.807, 2.05) is 0 Å². The first-order valence-electron chi connectivity index (χ1n) is 37.1. The minimum atomic E-state index is -3.30. The lowest BCUT2D eigenvalue weighted by Crippen LogP contribution is -2.71. The van der Waals surface area contributed by atoms with Gasteiger partial charge in [-0.2, -0.15) is 0 Å². The van der Waals surface area contributed by atoms with E-state index in [4.69, 9.17) is 80.5 Å². The van der Waals surface area contributed by atoms with Gasteiger partial charge in [0, 0.05) is 34.1 Å². The van der Waals surface area contributed by atoms with Crippen LogP contribution < -0.4 is 21.3 Å². The van der Waals surface area contributed by atoms with Gasteiger partial charge in [0.25, 0.3) is 5.79 Å². The Labute approximate surface area is 662 Å². The number of nitrogens with one attached hydrogen (secondary N) is 4. The molecule has 117 heavy (non-hydrogen) atoms. The molecule has 0 aromatic heterocycles. The lowest BCUT2D eigenvalue weighted by atomic mass is 9.88. The quantitative estimate of drug-likeness (QED) is 0.0306. The predicted molar refractivity (Wildman–Crippen MR) is 359 cm³/mol. The summed E-state index contributed by atoms with van der Waals surface area (Å²) in [5, 5.41) is 298. The Morgan fingerprint density at radius 1 is 0.368 bits per heavy atom. The van der Waals surface area contributed by atoms with E-state index in [9.17, 15) is 157 Å². The summed E-state index contributed by atoms with van der Waals surface area (Å²) < 4.78 is 99.9. The number of carboxylic acids is 1. The number of hydrogen-bond donors (Lipinski definition) is 30. The predicted octanol–water partition coefficient (Wildman–Crippen LogP) is -19.8. The van der Waals surface area contributed by atoms with Crippen molar-refractivity contribution in [2.24, 2.45) is 0 Å². The molecule has 0 radical (unpaired) electrons. The molecule has 46 atom stereocenters. The van der Waals surface area contributed by atoms with Crippen LogP contribution >= 0.6 is 0 Å². The van der Waals surface area contributed by atoms with Gasteiger partial charge in [0.1, 0.15) is 207 Å². The molecule has 52 nitrogen and oxygen atoms in total. The summed E-state index contributed by atoms with van der Waals surface area (Å²) in [5.41, 5.74) is 0. The highest BCUT2D eigenvalue weighted by atomic mass is 16.8. The van der Waals surface area contributed by atoms with E-state index in [1.54, 1.807) is 0 Å². The average molecular weight is 1710 g/mol. The van der Waals surface area contributed by atoms with E-state index in [2.05, 4.69) is 21.3 Å². The Morgan fingerprint density at radius 2 is 0.744 bits per heavy atom. The number of ether oxygens (including phenoxy) is 17. The standard InChI is InChI=1S/C65H108N4O48/c1-15-33(82)42(91)45(94)59(103-15)102-14-28-51(39(88)30(56(98)104-28)67-17(3)77)111-57-31(68-18(4)78)40(89)49(25(11-74)108-57)112-61-47(96)53(38(87)27(110-61)13-101-60-46(95)43(92)35(84)22(8-71)105-60)114-63-55(44(93)36(85)23(9-72)107-63)115-58-32(69-19(5)79)41(90)50(26(12-75)109-58)113-62-48(97)54(37(86)24(10-73)106-62)117-65(64(99)100)6-20(80)29(66-16(2)76)52(116-65)34(83)21(81)7-70/h15,20-63,70-75,80-98H,6-14H2,1-5H3,(H,66,76)(H,67,77)(H,68,78)(H,69,79)(H,99,100)/t15-,20-,21+,22+,23+,24+,25+,26+,27+,28+,29+,30+,31+,32+,33+,34+,35+,36+,37-,38+,39+,40+,41+,42+,43-,44-,45-,46-,47-,48+,49+,50+,51+,52+,53-,54-,55-,56+,57-,58-,59+,60-,61-,62-,63+,65-/m0/s1. The molecule has 4 amide bonds. The monoisotopic (exact) mass is 1710 g/mol. The van der Waals surface area contributed by atoms with Crippen LogP contribution in [0.1, 0.15) is 41.0 Å². The SMILES string of the molecule is CC(=O)N[C@@H]1[C@@H](O)[C@H](O[C@@H]2O[C@H](CO)[C@@H](O[C@@H]3O[C@H](CO[C@H]4O[C@H](CO)[C@@H](O)[C@H](O)[C@@H]4O)[C@@H](O)[C@H](O[C@H]4O[C@H](CO)[C@@H](O)[C@H](O)[C@@H]4O[C@@H]4O[C@H](CO)[C@@H](O[C@@H]5O[C@H](CO)[C@H](O)[C@H](O[C@]6(C(=O)O)C[C@H](O)[C@@H](NC(C)=O)[C@H]([C@H](O)[C@H](O)CO)O6)[C@H]5O)[C@H](O)[C@H]4NC(C)=O)[C@@H]3O)[C@H](O)[C@H]2NC(C)=O)[C@@H](CO[C@@H]2O[C@@H](C)[C@@H](O)[C@@H](O)[C@@H]2O)O[C@H]1O. The third-order valence-electron chi connectivity index (χ3n) is 21.3. The first-order valence-corrected chi connectivity index (χ1v) is 37.1. The van der Waals surface area contributed by atoms with Gasteiger partial charge in [0.05, 0.1) is 71.1 Å². The maximum atomic E-state index is 13.2. The molecule has 0 aromatic carbocycles. The van der Waals surface area contributed by atoms with E-state index in [0.29, 0.717) is 0 Å². The normalized spacial score (nSPS) is 47.9. The van der Waals surface area contributed by atoms with Crippen LogP contribution in [-0.4, -0.2) is 497 Å². The fourth-order valence-corrected chi connectivity index (χ4v) is 15.0. The topological polar surface area (TPSA) is 816 Å². The van der Waals surface area contributed by atoms with E-state index in [-0.39, 0.29) is 0 Å². The lowest BCUT2D eigenvalue weighted by Gasteiger charge is -2.51. The molecule has 9 heterocycles. The van der Waals surface area contributed by atoms with Gasteiger partial charge in [-0.15, -0.1) is 0 Å². The zero-order valence-corrected chi connectivity index (χ0v) is 63.0. The molecule has 30 N–H and O–H groups in total. The van der Waals surface area contributed by atoms with Crippen LogP contribution in [0.5, 0.6) is 0 Å². The van der Waals surface area contributed by atoms with Gasteiger partial charge in [-0.3, -0.25) is 19.2 Å². The number of rotatable bonds is 31. The zero-order chi connectivity index (χ0) is 86.6. The van der Waals surface area contributed by atoms with Gasteiger partial charge in [-0.05, 0) is 6.92 Å². The second-order valence-electron chi connectivity index (χ2n) is 29.6. The Hall–Kier alpha value is -4.33. The number of amides is 4. The molecule has 0 saturated carbocycles. The molecule has 0 aromatic rings. The minimum Gasteiger partial charge on any atom is -0.477 e. The lowest BCUT2D eigenvalue weighted by molar-refractivity contribution is -0.400. The fraction of sp³-hybridized carbons (Fsp3) is 0.923. The summed E-state index contributed by atoms with van der Waals surface area (Å²) in [4.78, 5) is 64.1. The number of hydrogen-bond acceptors (Lipinski definition) is 47. The summed E-state index contributed by atoms with van der Waals surface area (Å²) >= 11 is 0. The zero-order valence-electron chi connectivity index (χ0n) is 63.0. The Balaban J connectivity index is 1.00. The maximum Gasteiger partial charge on any atom is 0.364 e. The second-order valence-corrected chi connectivity index (χ2v) is 29.6. The second kappa shape index (κ2) is 41.4. The van der Waals surface area contributed by atoms with Gasteiger partial charge in [-0.1, -0.05) is 0 Å². The van der Waals surface area contributed by atoms with Gasteiger partial charge in [-0.25, -0.2) is 4.79 Å². The third kappa shape index (κ3) is 21.4. The van der Waals surface area contributed by atoms with Crippen molar-refractivity contribution in [1.82, 2.24) is 21.3 Å². The summed E-state index contributed by atoms with van der Waals surface area (Å²) in [6.07, 6.45) is -88.0. The van der Waals surface area contributed by atoms with Gasteiger partial charge < -0.3 is 235 Å². The van der Waals surface area contributed by atoms with Crippen LogP contribution in [0.15, 0.2) is 0 Å². The van der Waals surface area contributed by atoms with Gasteiger partial charge in [0.15, 0.2) is 50.3 Å². The smallest absolute Gasteiger partial charge is 0.364 e. The molecule has 0 aliphatic carbocycles. The number of carbonyl (C=O) groups excluding carboxylic acids is 4. The number of aliphatic hydroxyl groups is 25. The third-order valence-corrected chi connectivity index (χ3v) is 21.3. The Kier molecular flexibility index (Phi) is 34.2. The highest BCUT2D eigenvalue weighted by Crippen LogP contribution is 2.42. The van der Waals surface area contributed by atoms with Crippen LogP contribution in [-0.2, 0) is 104 Å². The first kappa shape index (κ1) is 96.5. The number of carboxylic acid groups (broad SMARTS) is 1. The van der Waals surface area contributed by atoms with Crippen molar-refractivity contribution in [3.63, 3.8) is 0 Å². The number of carbonyl (C=O) groups is 5. The van der Waals surface area contributed by atoms with Crippen molar-refractivity contribution >= 4 is 29.6 Å². The molecular weight excluding hydrogens is 1600 g/mol. The van der Waals surface area contributed by atoms with Crippen molar-refractivity contribution in [1.29, 1.82) is 0 Å². The van der Waals surface area contributed by atoms with Crippen LogP contribution in [0, 0.1) is 0 Å². The van der Waals surface area contributed by atoms with Crippen LogP contribution in [0.25, 0.3) is 0 Å². The molecule has 0 unspecified atom stereocenters. The molecule has 9 aliphatic rings. The molecule has 9 saturated heterocycles. The summed E-state index contributed by atoms with van der Waals surface area (Å²) in [6, 6.07) is -7.54. The minimum absolute atomic E-state index is 0.829. The maximum absolute atomic E-state index is 13.2. The highest BCUT2D eigenvalue weighted by molar-refractivity contribution is 5.77. The molecule has 52 heteroatoms. The summed E-state index contributed by atoms with van der Waals surface area (Å²) in [7, 11) is 0. The molecule has 9 fully saturated rings. The van der Waals surface area contributed by atoms with Crippen LogP contribution in [0.4, 0.5) is 0 Å². The Bertz CT molecular complexity index is 3190. The van der Waals surface area contributed by atoms with Crippen molar-refractivity contribution in [2.45, 2.75) is 323 Å².